The first-order valence-electron chi connectivity index (χ1n) is 12.1. The number of benzene rings is 4. The lowest BCUT2D eigenvalue weighted by Crippen LogP contribution is -2.23. The van der Waals surface area contributed by atoms with Gasteiger partial charge in [-0.1, -0.05) is 72.1 Å². The average molecular weight is 544 g/mol. The summed E-state index contributed by atoms with van der Waals surface area (Å²) < 4.78 is 18.1. The van der Waals surface area contributed by atoms with Crippen LogP contribution >= 0.6 is 31.6 Å². The lowest BCUT2D eigenvalue weighted by atomic mass is 10.1. The van der Waals surface area contributed by atoms with Crippen molar-refractivity contribution in [2.24, 2.45) is 0 Å². The first-order valence-corrected chi connectivity index (χ1v) is 15.1. The molecule has 0 aliphatic carbocycles. The number of hydrogen-bond acceptors (Lipinski definition) is 7. The number of carbonyl (C=O) groups is 1. The minimum absolute atomic E-state index is 0.178. The van der Waals surface area contributed by atoms with Gasteiger partial charge in [-0.3, -0.25) is 0 Å². The van der Waals surface area contributed by atoms with Crippen LogP contribution in [0, 0.1) is 0 Å². The summed E-state index contributed by atoms with van der Waals surface area (Å²) in [6.45, 7) is 0.504. The van der Waals surface area contributed by atoms with Gasteiger partial charge in [-0.2, -0.15) is 0 Å². The molecular weight excluding hydrogens is 519 g/mol. The van der Waals surface area contributed by atoms with Crippen LogP contribution < -0.4 is 10.2 Å². The fourth-order valence-corrected chi connectivity index (χ4v) is 7.48. The van der Waals surface area contributed by atoms with Crippen LogP contribution in [0.4, 0.5) is 22.7 Å². The lowest BCUT2D eigenvalue weighted by Gasteiger charge is -2.31. The van der Waals surface area contributed by atoms with Crippen molar-refractivity contribution in [2.75, 3.05) is 22.9 Å². The first-order chi connectivity index (χ1) is 18.2. The molecule has 1 N–H and O–H groups in total. The molecule has 2 aliphatic heterocycles. The smallest absolute Gasteiger partial charge is 0.353 e. The van der Waals surface area contributed by atoms with Crippen molar-refractivity contribution in [1.29, 1.82) is 0 Å². The Labute approximate surface area is 225 Å². The number of anilines is 4. The van der Waals surface area contributed by atoms with Gasteiger partial charge in [0.2, 0.25) is 6.16 Å². The quantitative estimate of drug-likeness (QED) is 0.207. The maximum absolute atomic E-state index is 12.8. The maximum Gasteiger partial charge on any atom is 0.560 e. The van der Waals surface area contributed by atoms with Crippen LogP contribution in [0.25, 0.3) is 0 Å². The summed E-state index contributed by atoms with van der Waals surface area (Å²) >= 11 is 3.46. The third kappa shape index (κ3) is 5.12. The van der Waals surface area contributed by atoms with E-state index >= 15 is 0 Å². The van der Waals surface area contributed by atoms with Crippen LogP contribution in [-0.4, -0.2) is 18.7 Å². The van der Waals surface area contributed by atoms with E-state index in [9.17, 15) is 9.36 Å². The first kappa shape index (κ1) is 24.1. The molecule has 0 radical (unpaired) electrons. The summed E-state index contributed by atoms with van der Waals surface area (Å²) in [5, 5.41) is 3.51. The van der Waals surface area contributed by atoms with Crippen LogP contribution in [0.15, 0.2) is 111 Å². The maximum atomic E-state index is 12.8. The number of aryl methyl sites for hydroxylation is 1. The Morgan fingerprint density at radius 2 is 1.41 bits per heavy atom. The molecule has 4 aromatic carbocycles. The van der Waals surface area contributed by atoms with Crippen molar-refractivity contribution in [3.63, 3.8) is 0 Å². The van der Waals surface area contributed by atoms with Gasteiger partial charge in [-0.05, 0) is 59.0 Å². The Kier molecular flexibility index (Phi) is 6.92. The molecule has 5 nitrogen and oxygen atoms in total. The van der Waals surface area contributed by atoms with Crippen molar-refractivity contribution in [2.45, 2.75) is 32.4 Å². The van der Waals surface area contributed by atoms with Crippen molar-refractivity contribution < 1.29 is 13.9 Å². The van der Waals surface area contributed by atoms with Gasteiger partial charge in [-0.25, -0.2) is 9.32 Å². The zero-order valence-corrected chi connectivity index (χ0v) is 22.5. The number of nitrogens with one attached hydrogen (secondary N) is 1. The third-order valence-electron chi connectivity index (χ3n) is 6.32. The molecule has 0 saturated heterocycles. The second kappa shape index (κ2) is 10.6. The molecule has 4 aromatic rings. The molecule has 1 unspecified atom stereocenters. The van der Waals surface area contributed by atoms with Gasteiger partial charge < -0.3 is 10.2 Å². The standard InChI is InChI=1S/C29H24N2O3PS2/c32-28(17-16-20-8-7-15-27-29(20)30-21-9-1-4-12-24(21)36-27)34-35(33)19-18-31-22-10-2-5-13-25(22)37-26-14-6-3-11-23(26)31/h1-15,30H,16-19H2/q+1. The molecule has 2 aliphatic rings. The molecule has 37 heavy (non-hydrogen) atoms. The van der Waals surface area contributed by atoms with Crippen molar-refractivity contribution in [3.05, 3.63) is 96.6 Å². The van der Waals surface area contributed by atoms with Gasteiger partial charge in [0.1, 0.15) is 0 Å². The van der Waals surface area contributed by atoms with E-state index < -0.39 is 14.0 Å². The number of rotatable bonds is 7. The van der Waals surface area contributed by atoms with Gasteiger partial charge in [0, 0.05) is 19.6 Å². The number of fused-ring (bicyclic) bond motifs is 4. The Morgan fingerprint density at radius 3 is 2.16 bits per heavy atom. The predicted molar refractivity (Wildman–Crippen MR) is 151 cm³/mol. The summed E-state index contributed by atoms with van der Waals surface area (Å²) in [7, 11) is -2.12. The van der Waals surface area contributed by atoms with E-state index in [1.807, 2.05) is 48.5 Å². The molecule has 6 rings (SSSR count). The lowest BCUT2D eigenvalue weighted by molar-refractivity contribution is -0.133. The van der Waals surface area contributed by atoms with E-state index in [0.29, 0.717) is 13.0 Å². The summed E-state index contributed by atoms with van der Waals surface area (Å²) in [4.78, 5) is 19.4. The normalized spacial score (nSPS) is 13.4. The fraction of sp³-hybridized carbons (Fsp3) is 0.138. The molecule has 0 aromatic heterocycles. The second-order valence-electron chi connectivity index (χ2n) is 8.72. The van der Waals surface area contributed by atoms with E-state index in [4.69, 9.17) is 4.52 Å². The number of para-hydroxylation sites is 4. The van der Waals surface area contributed by atoms with E-state index in [-0.39, 0.29) is 12.6 Å². The van der Waals surface area contributed by atoms with Crippen LogP contribution in [0.1, 0.15) is 12.0 Å². The number of hydrogen-bond donors (Lipinski definition) is 1. The molecule has 0 amide bonds. The van der Waals surface area contributed by atoms with Gasteiger partial charge in [0.05, 0.1) is 35.7 Å². The van der Waals surface area contributed by atoms with Crippen molar-refractivity contribution >= 4 is 60.3 Å². The summed E-state index contributed by atoms with van der Waals surface area (Å²) in [6, 6.07) is 30.7. The average Bonchev–Trinajstić information content (AvgIpc) is 2.93. The SMILES string of the molecule is O=C(CCc1cccc2c1Nc1ccccc1S2)O[P+](=O)CCN1c2ccccc2Sc2ccccc21. The highest BCUT2D eigenvalue weighted by atomic mass is 32.2. The number of nitrogens with zero attached hydrogens (tertiary/aromatic N) is 1. The Hall–Kier alpha value is -3.25. The Morgan fingerprint density at radius 1 is 0.784 bits per heavy atom. The van der Waals surface area contributed by atoms with Gasteiger partial charge in [-0.15, -0.1) is 0 Å². The highest BCUT2D eigenvalue weighted by Gasteiger charge is 2.29. The summed E-state index contributed by atoms with van der Waals surface area (Å²) in [5.74, 6) is -0.433. The molecule has 184 valence electrons. The monoisotopic (exact) mass is 543 g/mol. The van der Waals surface area contributed by atoms with Gasteiger partial charge in [0.25, 0.3) is 0 Å². The molecule has 0 bridgehead atoms. The van der Waals surface area contributed by atoms with Crippen LogP contribution in [-0.2, 0) is 20.3 Å². The molecular formula is C29H24N2O3PS2+. The van der Waals surface area contributed by atoms with Crippen LogP contribution in [0.2, 0.25) is 0 Å². The molecule has 1 atom stereocenters. The highest BCUT2D eigenvalue weighted by Crippen LogP contribution is 2.48. The van der Waals surface area contributed by atoms with Gasteiger partial charge in [0.15, 0.2) is 0 Å². The zero-order valence-electron chi connectivity index (χ0n) is 19.9. The van der Waals surface area contributed by atoms with E-state index in [0.717, 1.165) is 43.0 Å². The predicted octanol–water partition coefficient (Wildman–Crippen LogP) is 8.42. The van der Waals surface area contributed by atoms with E-state index in [2.05, 4.69) is 52.7 Å². The molecule has 8 heteroatoms. The van der Waals surface area contributed by atoms with Gasteiger partial charge >= 0.3 is 14.0 Å². The minimum Gasteiger partial charge on any atom is -0.353 e. The van der Waals surface area contributed by atoms with E-state index in [1.54, 1.807) is 23.5 Å². The van der Waals surface area contributed by atoms with Crippen LogP contribution in [0.5, 0.6) is 0 Å². The Bertz CT molecular complexity index is 1460. The molecule has 2 heterocycles. The number of carbonyl (C=O) groups excluding carboxylic acids is 1. The topological polar surface area (TPSA) is 58.6 Å². The molecule has 0 fully saturated rings. The van der Waals surface area contributed by atoms with Crippen LogP contribution in [0.3, 0.4) is 0 Å². The molecule has 0 saturated carbocycles. The van der Waals surface area contributed by atoms with Crippen molar-refractivity contribution in [3.8, 4) is 0 Å². The third-order valence-corrected chi connectivity index (χ3v) is 9.56. The van der Waals surface area contributed by atoms with E-state index in [1.165, 1.54) is 4.90 Å². The largest absolute Gasteiger partial charge is 0.560 e. The summed E-state index contributed by atoms with van der Waals surface area (Å²) in [5.41, 5.74) is 5.32. The second-order valence-corrected chi connectivity index (χ2v) is 12.2. The van der Waals surface area contributed by atoms with Crippen molar-refractivity contribution in [1.82, 2.24) is 0 Å². The summed E-state index contributed by atoms with van der Waals surface area (Å²) in [6.07, 6.45) is 0.965. The molecule has 0 spiro atoms. The minimum atomic E-state index is -2.12. The fourth-order valence-electron chi connectivity index (χ4n) is 4.57. The highest BCUT2D eigenvalue weighted by molar-refractivity contribution is 8.00. The Balaban J connectivity index is 1.07. The zero-order chi connectivity index (χ0) is 25.2.